The topological polar surface area (TPSA) is 67.2 Å². The number of hydrogen-bond donors (Lipinski definition) is 1. The molecule has 5 nitrogen and oxygen atoms in total. The number of allylic oxidation sites excluding steroid dienone is 1. The van der Waals surface area contributed by atoms with E-state index in [1.807, 2.05) is 36.4 Å². The fourth-order valence-corrected chi connectivity index (χ4v) is 5.93. The number of hydrogen-bond acceptors (Lipinski definition) is 7. The van der Waals surface area contributed by atoms with E-state index in [2.05, 4.69) is 57.1 Å². The molecule has 4 rings (SSSR count). The minimum atomic E-state index is -0.236. The molecule has 0 atom stereocenters. The number of fused-ring (bicyclic) bond motifs is 1. The molecule has 1 N–H and O–H groups in total. The molecule has 0 fully saturated rings. The molecule has 0 aliphatic carbocycles. The Hall–Kier alpha value is -2.65. The summed E-state index contributed by atoms with van der Waals surface area (Å²) in [6, 6.07) is 24.3. The molecule has 1 amide bonds. The van der Waals surface area contributed by atoms with Gasteiger partial charge in [-0.05, 0) is 28.0 Å². The van der Waals surface area contributed by atoms with Gasteiger partial charge < -0.3 is 0 Å². The summed E-state index contributed by atoms with van der Waals surface area (Å²) < 4.78 is 1.62. The fourth-order valence-electron chi connectivity index (χ4n) is 2.94. The first-order valence-electron chi connectivity index (χ1n) is 9.97. The lowest BCUT2D eigenvalue weighted by Crippen LogP contribution is -2.19. The van der Waals surface area contributed by atoms with Crippen LogP contribution in [0.4, 0.5) is 0 Å². The number of benzene rings is 3. The Kier molecular flexibility index (Phi) is 8.54. The molecule has 166 valence electrons. The van der Waals surface area contributed by atoms with Crippen molar-refractivity contribution in [2.45, 2.75) is 14.4 Å². The van der Waals surface area contributed by atoms with E-state index in [9.17, 15) is 4.79 Å². The largest absolute Gasteiger partial charge is 0.272 e. The van der Waals surface area contributed by atoms with Crippen molar-refractivity contribution in [2.24, 2.45) is 5.10 Å². The predicted molar refractivity (Wildman–Crippen MR) is 141 cm³/mol. The summed E-state index contributed by atoms with van der Waals surface area (Å²) in [5.41, 5.74) is 4.70. The molecule has 0 aliphatic heterocycles. The van der Waals surface area contributed by atoms with Crippen LogP contribution in [0.2, 0.25) is 0 Å². The zero-order valence-corrected chi connectivity index (χ0v) is 20.6. The monoisotopic (exact) mass is 510 g/mol. The van der Waals surface area contributed by atoms with Crippen molar-refractivity contribution < 1.29 is 4.79 Å². The first-order chi connectivity index (χ1) is 16.2. The zero-order valence-electron chi connectivity index (χ0n) is 17.3. The molecule has 0 saturated carbocycles. The summed E-state index contributed by atoms with van der Waals surface area (Å²) >= 11 is 10.6. The van der Waals surface area contributed by atoms with Crippen LogP contribution in [-0.4, -0.2) is 28.1 Å². The second-order valence-electron chi connectivity index (χ2n) is 6.78. The second kappa shape index (κ2) is 12.0. The minimum Gasteiger partial charge on any atom is -0.272 e. The standard InChI is InChI=1S/C24H19ClN4OS3/c25-20(13-17-7-2-1-3-8-17)14-26-27-22(30)16-32-24-29-28-23(33-24)31-15-19-11-6-10-18-9-4-5-12-21(18)19/h1-14H,15-16H2,(H,27,30)/b20-13+,26-14?. The maximum atomic E-state index is 12.0. The molecule has 3 aromatic carbocycles. The zero-order chi connectivity index (χ0) is 22.9. The molecule has 9 heteroatoms. The SMILES string of the molecule is O=C(CSc1nnc(SCc2cccc3ccccc23)s1)NN=C/C(Cl)=C\c1ccccc1. The lowest BCUT2D eigenvalue weighted by Gasteiger charge is -2.04. The van der Waals surface area contributed by atoms with Crippen LogP contribution in [0.3, 0.4) is 0 Å². The average molecular weight is 511 g/mol. The number of hydrazone groups is 1. The Morgan fingerprint density at radius 1 is 0.970 bits per heavy atom. The van der Waals surface area contributed by atoms with Crippen molar-refractivity contribution in [1.82, 2.24) is 15.6 Å². The van der Waals surface area contributed by atoms with Crippen LogP contribution in [0.5, 0.6) is 0 Å². The molecule has 33 heavy (non-hydrogen) atoms. The highest BCUT2D eigenvalue weighted by atomic mass is 35.5. The summed E-state index contributed by atoms with van der Waals surface area (Å²) in [5, 5.41) is 15.2. The highest BCUT2D eigenvalue weighted by Crippen LogP contribution is 2.32. The van der Waals surface area contributed by atoms with Crippen LogP contribution in [-0.2, 0) is 10.5 Å². The summed E-state index contributed by atoms with van der Waals surface area (Å²) in [4.78, 5) is 12.0. The van der Waals surface area contributed by atoms with Gasteiger partial charge in [0, 0.05) is 5.75 Å². The third-order valence-corrected chi connectivity index (χ3v) is 7.87. The van der Waals surface area contributed by atoms with E-state index >= 15 is 0 Å². The molecule has 1 aromatic heterocycles. The molecule has 1 heterocycles. The Morgan fingerprint density at radius 3 is 2.55 bits per heavy atom. The number of nitrogens with zero attached hydrogens (tertiary/aromatic N) is 3. The van der Waals surface area contributed by atoms with E-state index in [1.54, 1.807) is 17.8 Å². The van der Waals surface area contributed by atoms with Gasteiger partial charge in [-0.25, -0.2) is 5.43 Å². The number of aromatic nitrogens is 2. The maximum Gasteiger partial charge on any atom is 0.250 e. The van der Waals surface area contributed by atoms with Crippen LogP contribution < -0.4 is 5.43 Å². The van der Waals surface area contributed by atoms with Gasteiger partial charge in [-0.2, -0.15) is 5.10 Å². The van der Waals surface area contributed by atoms with E-state index in [0.717, 1.165) is 20.0 Å². The normalized spacial score (nSPS) is 11.8. The van der Waals surface area contributed by atoms with Crippen molar-refractivity contribution in [3.8, 4) is 0 Å². The van der Waals surface area contributed by atoms with Gasteiger partial charge in [0.15, 0.2) is 8.68 Å². The Morgan fingerprint density at radius 2 is 1.70 bits per heavy atom. The van der Waals surface area contributed by atoms with Gasteiger partial charge >= 0.3 is 0 Å². The van der Waals surface area contributed by atoms with E-state index in [4.69, 9.17) is 11.6 Å². The summed E-state index contributed by atoms with van der Waals surface area (Å²) in [7, 11) is 0. The van der Waals surface area contributed by atoms with E-state index < -0.39 is 0 Å². The van der Waals surface area contributed by atoms with Crippen LogP contribution in [0.15, 0.2) is 91.6 Å². The maximum absolute atomic E-state index is 12.0. The van der Waals surface area contributed by atoms with Crippen molar-refractivity contribution >= 4 is 75.4 Å². The van der Waals surface area contributed by atoms with Crippen LogP contribution in [0, 0.1) is 0 Å². The number of amides is 1. The minimum absolute atomic E-state index is 0.194. The van der Waals surface area contributed by atoms with Gasteiger partial charge in [-0.15, -0.1) is 10.2 Å². The number of carbonyl (C=O) groups excluding carboxylic acids is 1. The highest BCUT2D eigenvalue weighted by Gasteiger charge is 2.09. The van der Waals surface area contributed by atoms with E-state index in [0.29, 0.717) is 5.03 Å². The van der Waals surface area contributed by atoms with Gasteiger partial charge in [0.2, 0.25) is 0 Å². The molecule has 0 radical (unpaired) electrons. The second-order valence-corrected chi connectivity index (χ2v) is 10.6. The van der Waals surface area contributed by atoms with Gasteiger partial charge in [-0.3, -0.25) is 4.79 Å². The molecule has 0 saturated heterocycles. The van der Waals surface area contributed by atoms with Crippen molar-refractivity contribution in [1.29, 1.82) is 0 Å². The molecule has 0 spiro atoms. The summed E-state index contributed by atoms with van der Waals surface area (Å²) in [6.45, 7) is 0. The van der Waals surface area contributed by atoms with E-state index in [1.165, 1.54) is 45.6 Å². The Balaban J connectivity index is 1.23. The quantitative estimate of drug-likeness (QED) is 0.159. The number of rotatable bonds is 9. The predicted octanol–water partition coefficient (Wildman–Crippen LogP) is 6.46. The number of halogens is 1. The third kappa shape index (κ3) is 7.17. The molecule has 0 aliphatic rings. The van der Waals surface area contributed by atoms with Gasteiger partial charge in [0.25, 0.3) is 5.91 Å². The Bertz CT molecular complexity index is 1290. The Labute approximate surface area is 209 Å². The molecule has 0 unspecified atom stereocenters. The summed E-state index contributed by atoms with van der Waals surface area (Å²) in [5.74, 6) is 0.771. The van der Waals surface area contributed by atoms with Crippen molar-refractivity contribution in [2.75, 3.05) is 5.75 Å². The molecular weight excluding hydrogens is 492 g/mol. The first kappa shape index (κ1) is 23.5. The summed E-state index contributed by atoms with van der Waals surface area (Å²) in [6.07, 6.45) is 3.18. The van der Waals surface area contributed by atoms with Crippen LogP contribution >= 0.6 is 46.5 Å². The lowest BCUT2D eigenvalue weighted by molar-refractivity contribution is -0.118. The lowest BCUT2D eigenvalue weighted by atomic mass is 10.1. The van der Waals surface area contributed by atoms with Crippen molar-refractivity contribution in [3.63, 3.8) is 0 Å². The molecule has 4 aromatic rings. The van der Waals surface area contributed by atoms with Gasteiger partial charge in [0.05, 0.1) is 17.0 Å². The average Bonchev–Trinajstić information content (AvgIpc) is 3.30. The molecular formula is C24H19ClN4OS3. The van der Waals surface area contributed by atoms with Crippen molar-refractivity contribution in [3.05, 3.63) is 89.0 Å². The first-order valence-corrected chi connectivity index (χ1v) is 13.1. The highest BCUT2D eigenvalue weighted by molar-refractivity contribution is 8.03. The van der Waals surface area contributed by atoms with Gasteiger partial charge in [0.1, 0.15) is 0 Å². The smallest absolute Gasteiger partial charge is 0.250 e. The molecule has 0 bridgehead atoms. The fraction of sp³-hybridized carbons (Fsp3) is 0.0833. The van der Waals surface area contributed by atoms with Gasteiger partial charge in [-0.1, -0.05) is 119 Å². The van der Waals surface area contributed by atoms with Crippen LogP contribution in [0.1, 0.15) is 11.1 Å². The number of thioether (sulfide) groups is 2. The van der Waals surface area contributed by atoms with E-state index in [-0.39, 0.29) is 11.7 Å². The van der Waals surface area contributed by atoms with Crippen LogP contribution in [0.25, 0.3) is 16.8 Å². The number of nitrogens with one attached hydrogen (secondary N) is 1. The third-order valence-electron chi connectivity index (χ3n) is 4.43. The number of carbonyl (C=O) groups is 1.